The maximum absolute atomic E-state index is 13.0. The third-order valence-electron chi connectivity index (χ3n) is 3.97. The maximum Gasteiger partial charge on any atom is 0.210 e. The number of hydrogen-bond acceptors (Lipinski definition) is 4. The first-order valence-electron chi connectivity index (χ1n) is 6.92. The molecule has 0 aromatic heterocycles. The zero-order valence-electron chi connectivity index (χ0n) is 13.4. The quantitative estimate of drug-likeness (QED) is 0.888. The normalized spacial score (nSPS) is 11.7. The van der Waals surface area contributed by atoms with Gasteiger partial charge in [-0.05, 0) is 74.6 Å². The Labute approximate surface area is 131 Å². The van der Waals surface area contributed by atoms with E-state index in [4.69, 9.17) is 0 Å². The molecule has 0 saturated carbocycles. The van der Waals surface area contributed by atoms with Gasteiger partial charge in [0.05, 0.1) is 4.90 Å². The molecule has 0 saturated heterocycles. The van der Waals surface area contributed by atoms with E-state index >= 15 is 0 Å². The van der Waals surface area contributed by atoms with Crippen LogP contribution in [-0.2, 0) is 9.84 Å². The van der Waals surface area contributed by atoms with Crippen LogP contribution in [0.2, 0.25) is 0 Å². The first-order valence-corrected chi connectivity index (χ1v) is 8.40. The molecule has 0 aliphatic heterocycles. The highest BCUT2D eigenvalue weighted by Crippen LogP contribution is 2.37. The number of aromatic hydroxyl groups is 2. The molecule has 2 N–H and O–H groups in total. The number of phenols is 2. The molecule has 0 aliphatic rings. The second-order valence-electron chi connectivity index (χ2n) is 5.72. The van der Waals surface area contributed by atoms with Gasteiger partial charge in [0.2, 0.25) is 9.84 Å². The number of sulfone groups is 1. The Morgan fingerprint density at radius 2 is 1.41 bits per heavy atom. The molecule has 0 spiro atoms. The van der Waals surface area contributed by atoms with Crippen molar-refractivity contribution in [2.45, 2.75) is 44.4 Å². The first kappa shape index (κ1) is 16.4. The van der Waals surface area contributed by atoms with Gasteiger partial charge in [0.25, 0.3) is 0 Å². The molecule has 0 amide bonds. The molecular weight excluding hydrogens is 300 g/mol. The minimum atomic E-state index is -3.87. The minimum Gasteiger partial charge on any atom is -0.507 e. The largest absolute Gasteiger partial charge is 0.507 e. The summed E-state index contributed by atoms with van der Waals surface area (Å²) < 4.78 is 26.0. The second-order valence-corrected chi connectivity index (χ2v) is 7.58. The van der Waals surface area contributed by atoms with Crippen molar-refractivity contribution in [1.82, 2.24) is 0 Å². The van der Waals surface area contributed by atoms with Crippen molar-refractivity contribution in [3.05, 3.63) is 46.0 Å². The highest BCUT2D eigenvalue weighted by molar-refractivity contribution is 7.91. The lowest BCUT2D eigenvalue weighted by atomic mass is 10.1. The summed E-state index contributed by atoms with van der Waals surface area (Å²) in [6, 6.07) is 4.61. The van der Waals surface area contributed by atoms with Gasteiger partial charge in [0, 0.05) is 0 Å². The molecule has 118 valence electrons. The predicted octanol–water partition coefficient (Wildman–Crippen LogP) is 3.47. The molecule has 4 nitrogen and oxygen atoms in total. The minimum absolute atomic E-state index is 0.0781. The summed E-state index contributed by atoms with van der Waals surface area (Å²) in [6.45, 7) is 8.45. The third-order valence-corrected chi connectivity index (χ3v) is 6.04. The van der Waals surface area contributed by atoms with Crippen molar-refractivity contribution < 1.29 is 18.6 Å². The Morgan fingerprint density at radius 1 is 0.818 bits per heavy atom. The van der Waals surface area contributed by atoms with Crippen molar-refractivity contribution in [3.63, 3.8) is 0 Å². The lowest BCUT2D eigenvalue weighted by molar-refractivity contribution is 0.457. The van der Waals surface area contributed by atoms with Crippen LogP contribution in [0, 0.1) is 34.6 Å². The van der Waals surface area contributed by atoms with Crippen LogP contribution < -0.4 is 0 Å². The lowest BCUT2D eigenvalue weighted by Gasteiger charge is -2.16. The van der Waals surface area contributed by atoms with Gasteiger partial charge in [-0.25, -0.2) is 8.42 Å². The molecule has 5 heteroatoms. The number of benzene rings is 2. The standard InChI is InChI=1S/C17H20O4S/c1-9-6-11(3)17(14(18)7-9)22(20,21)15-8-10(2)16(19)13(5)12(15)4/h6-8,18-19H,1-5H3. The van der Waals surface area contributed by atoms with Gasteiger partial charge in [-0.15, -0.1) is 0 Å². The predicted molar refractivity (Wildman–Crippen MR) is 85.4 cm³/mol. The number of rotatable bonds is 2. The van der Waals surface area contributed by atoms with Gasteiger partial charge in [0.15, 0.2) is 0 Å². The Morgan fingerprint density at radius 3 is 1.95 bits per heavy atom. The van der Waals surface area contributed by atoms with Crippen LogP contribution in [0.25, 0.3) is 0 Å². The van der Waals surface area contributed by atoms with Crippen LogP contribution in [0.4, 0.5) is 0 Å². The van der Waals surface area contributed by atoms with Gasteiger partial charge in [0.1, 0.15) is 16.4 Å². The van der Waals surface area contributed by atoms with E-state index in [-0.39, 0.29) is 21.3 Å². The van der Waals surface area contributed by atoms with Gasteiger partial charge < -0.3 is 10.2 Å². The lowest BCUT2D eigenvalue weighted by Crippen LogP contribution is -2.08. The Hall–Kier alpha value is -2.01. The molecular formula is C17H20O4S. The van der Waals surface area contributed by atoms with Crippen LogP contribution in [0.5, 0.6) is 11.5 Å². The molecule has 0 fully saturated rings. The summed E-state index contributed by atoms with van der Waals surface area (Å²) in [7, 11) is -3.87. The fraction of sp³-hybridized carbons (Fsp3) is 0.294. The molecule has 0 atom stereocenters. The topological polar surface area (TPSA) is 74.6 Å². The van der Waals surface area contributed by atoms with Crippen molar-refractivity contribution >= 4 is 9.84 Å². The van der Waals surface area contributed by atoms with E-state index < -0.39 is 9.84 Å². The molecule has 0 bridgehead atoms. The van der Waals surface area contributed by atoms with Crippen LogP contribution in [0.3, 0.4) is 0 Å². The van der Waals surface area contributed by atoms with E-state index in [0.29, 0.717) is 22.3 Å². The summed E-state index contributed by atoms with van der Waals surface area (Å²) in [5.74, 6) is -0.151. The maximum atomic E-state index is 13.0. The summed E-state index contributed by atoms with van der Waals surface area (Å²) in [6.07, 6.45) is 0. The monoisotopic (exact) mass is 320 g/mol. The zero-order valence-corrected chi connectivity index (χ0v) is 14.2. The summed E-state index contributed by atoms with van der Waals surface area (Å²) in [5.41, 5.74) is 2.81. The van der Waals surface area contributed by atoms with E-state index in [1.807, 2.05) is 0 Å². The SMILES string of the molecule is Cc1cc(C)c(S(=O)(=O)c2cc(C)c(O)c(C)c2C)c(O)c1. The van der Waals surface area contributed by atoms with Crippen LogP contribution >= 0.6 is 0 Å². The van der Waals surface area contributed by atoms with Gasteiger partial charge in [-0.1, -0.05) is 6.07 Å². The van der Waals surface area contributed by atoms with Gasteiger partial charge in [-0.2, -0.15) is 0 Å². The van der Waals surface area contributed by atoms with Gasteiger partial charge >= 0.3 is 0 Å². The van der Waals surface area contributed by atoms with Crippen LogP contribution in [-0.4, -0.2) is 18.6 Å². The number of phenolic OH excluding ortho intramolecular Hbond substituents is 2. The van der Waals surface area contributed by atoms with Crippen LogP contribution in [0.15, 0.2) is 28.0 Å². The second kappa shape index (κ2) is 5.32. The van der Waals surface area contributed by atoms with E-state index in [1.54, 1.807) is 40.7 Å². The number of hydrogen-bond donors (Lipinski definition) is 2. The Bertz CT molecular complexity index is 842. The van der Waals surface area contributed by atoms with Crippen molar-refractivity contribution in [2.24, 2.45) is 0 Å². The Balaban J connectivity index is 2.83. The van der Waals surface area contributed by atoms with Gasteiger partial charge in [-0.3, -0.25) is 0 Å². The fourth-order valence-corrected chi connectivity index (χ4v) is 4.63. The smallest absolute Gasteiger partial charge is 0.210 e. The molecule has 22 heavy (non-hydrogen) atoms. The van der Waals surface area contributed by atoms with E-state index in [0.717, 1.165) is 5.56 Å². The van der Waals surface area contributed by atoms with E-state index in [2.05, 4.69) is 0 Å². The van der Waals surface area contributed by atoms with Crippen molar-refractivity contribution in [2.75, 3.05) is 0 Å². The van der Waals surface area contributed by atoms with E-state index in [1.165, 1.54) is 12.1 Å². The van der Waals surface area contributed by atoms with Crippen LogP contribution in [0.1, 0.15) is 27.8 Å². The summed E-state index contributed by atoms with van der Waals surface area (Å²) in [5, 5.41) is 20.1. The third kappa shape index (κ3) is 2.46. The molecule has 0 aliphatic carbocycles. The molecule has 2 aromatic carbocycles. The molecule has 2 rings (SSSR count). The molecule has 0 radical (unpaired) electrons. The highest BCUT2D eigenvalue weighted by Gasteiger charge is 2.27. The Kier molecular flexibility index (Phi) is 3.96. The van der Waals surface area contributed by atoms with Crippen molar-refractivity contribution in [1.29, 1.82) is 0 Å². The average Bonchev–Trinajstić information content (AvgIpc) is 2.38. The highest BCUT2D eigenvalue weighted by atomic mass is 32.2. The van der Waals surface area contributed by atoms with E-state index in [9.17, 15) is 18.6 Å². The number of aryl methyl sites for hydroxylation is 3. The fourth-order valence-electron chi connectivity index (χ4n) is 2.70. The zero-order chi connectivity index (χ0) is 16.8. The molecule has 0 heterocycles. The van der Waals surface area contributed by atoms with Crippen molar-refractivity contribution in [3.8, 4) is 11.5 Å². The average molecular weight is 320 g/mol. The molecule has 0 unspecified atom stereocenters. The first-order chi connectivity index (χ1) is 10.1. The molecule has 2 aromatic rings. The summed E-state index contributed by atoms with van der Waals surface area (Å²) >= 11 is 0. The summed E-state index contributed by atoms with van der Waals surface area (Å²) in [4.78, 5) is 0.0354.